The third-order valence-electron chi connectivity index (χ3n) is 1.50. The average Bonchev–Trinajstić information content (AvgIpc) is 2.00. The molecule has 0 aliphatic rings. The molecule has 0 heterocycles. The van der Waals surface area contributed by atoms with Gasteiger partial charge in [0.05, 0.1) is 0 Å². The van der Waals surface area contributed by atoms with E-state index >= 15 is 0 Å². The number of carbonyl (C=O) groups excluding carboxylic acids is 2. The summed E-state index contributed by atoms with van der Waals surface area (Å²) in [6.45, 7) is 5.57. The van der Waals surface area contributed by atoms with Crippen molar-refractivity contribution in [2.45, 2.75) is 33.6 Å². The van der Waals surface area contributed by atoms with Crippen molar-refractivity contribution in [1.29, 1.82) is 0 Å². The minimum absolute atomic E-state index is 0.0134. The highest BCUT2D eigenvalue weighted by molar-refractivity contribution is 5.99. The summed E-state index contributed by atoms with van der Waals surface area (Å²) in [6, 6.07) is 0. The Labute approximate surface area is 73.7 Å². The molecule has 0 bridgehead atoms. The molecule has 12 heavy (non-hydrogen) atoms. The van der Waals surface area contributed by atoms with Crippen LogP contribution in [0, 0.1) is 5.92 Å². The number of carbonyl (C=O) groups is 2. The van der Waals surface area contributed by atoms with E-state index in [4.69, 9.17) is 0 Å². The fourth-order valence-corrected chi connectivity index (χ4v) is 0.697. The lowest BCUT2D eigenvalue weighted by atomic mass is 10.1. The summed E-state index contributed by atoms with van der Waals surface area (Å²) in [5.74, 6) is 0.0293. The number of rotatable bonds is 5. The van der Waals surface area contributed by atoms with Gasteiger partial charge in [-0.3, -0.25) is 9.59 Å². The molecule has 0 radical (unpaired) electrons. The number of allylic oxidation sites excluding steroid dienone is 2. The van der Waals surface area contributed by atoms with Crippen molar-refractivity contribution in [2.75, 3.05) is 0 Å². The van der Waals surface area contributed by atoms with Crippen molar-refractivity contribution in [3.63, 3.8) is 0 Å². The second-order valence-electron chi connectivity index (χ2n) is 3.11. The molecule has 0 rings (SSSR count). The second-order valence-corrected chi connectivity index (χ2v) is 3.11. The SMILES string of the molecule is CCCC(=O)/C=C\C(=O)C(C)C. The van der Waals surface area contributed by atoms with Crippen LogP contribution in [0.2, 0.25) is 0 Å². The van der Waals surface area contributed by atoms with Gasteiger partial charge in [-0.15, -0.1) is 0 Å². The van der Waals surface area contributed by atoms with Crippen molar-refractivity contribution in [1.82, 2.24) is 0 Å². The number of hydrogen-bond donors (Lipinski definition) is 0. The first-order valence-electron chi connectivity index (χ1n) is 4.32. The van der Waals surface area contributed by atoms with Gasteiger partial charge >= 0.3 is 0 Å². The zero-order valence-corrected chi connectivity index (χ0v) is 7.96. The Morgan fingerprint density at radius 2 is 1.83 bits per heavy atom. The summed E-state index contributed by atoms with van der Waals surface area (Å²) in [5, 5.41) is 0. The highest BCUT2D eigenvalue weighted by atomic mass is 16.1. The fourth-order valence-electron chi connectivity index (χ4n) is 0.697. The minimum Gasteiger partial charge on any atom is -0.295 e. The molecule has 0 spiro atoms. The van der Waals surface area contributed by atoms with Crippen molar-refractivity contribution in [3.8, 4) is 0 Å². The number of hydrogen-bond acceptors (Lipinski definition) is 2. The molecule has 0 fully saturated rings. The van der Waals surface area contributed by atoms with Crippen molar-refractivity contribution in [2.24, 2.45) is 5.92 Å². The molecule has 2 nitrogen and oxygen atoms in total. The maximum Gasteiger partial charge on any atom is 0.158 e. The van der Waals surface area contributed by atoms with Gasteiger partial charge in [0.1, 0.15) is 0 Å². The van der Waals surface area contributed by atoms with E-state index in [9.17, 15) is 9.59 Å². The molecule has 2 heteroatoms. The van der Waals surface area contributed by atoms with Crippen molar-refractivity contribution in [3.05, 3.63) is 12.2 Å². The van der Waals surface area contributed by atoms with Crippen LogP contribution in [0.4, 0.5) is 0 Å². The van der Waals surface area contributed by atoms with Gasteiger partial charge in [0, 0.05) is 12.3 Å². The molecule has 0 saturated carbocycles. The van der Waals surface area contributed by atoms with E-state index < -0.39 is 0 Å². The highest BCUT2D eigenvalue weighted by Gasteiger charge is 2.02. The lowest BCUT2D eigenvalue weighted by molar-refractivity contribution is -0.118. The molecular formula is C10H16O2. The first-order chi connectivity index (χ1) is 5.57. The van der Waals surface area contributed by atoms with Crippen LogP contribution in [-0.4, -0.2) is 11.6 Å². The van der Waals surface area contributed by atoms with Crippen LogP contribution in [0.1, 0.15) is 33.6 Å². The third-order valence-corrected chi connectivity index (χ3v) is 1.50. The largest absolute Gasteiger partial charge is 0.295 e. The van der Waals surface area contributed by atoms with Gasteiger partial charge in [-0.2, -0.15) is 0 Å². The van der Waals surface area contributed by atoms with Gasteiger partial charge in [-0.25, -0.2) is 0 Å². The summed E-state index contributed by atoms with van der Waals surface area (Å²) in [7, 11) is 0. The Balaban J connectivity index is 3.90. The van der Waals surface area contributed by atoms with Gasteiger partial charge in [-0.1, -0.05) is 20.8 Å². The molecule has 0 aromatic heterocycles. The summed E-state index contributed by atoms with van der Waals surface area (Å²) < 4.78 is 0. The predicted molar refractivity (Wildman–Crippen MR) is 48.9 cm³/mol. The van der Waals surface area contributed by atoms with E-state index in [-0.39, 0.29) is 17.5 Å². The Morgan fingerprint density at radius 1 is 1.25 bits per heavy atom. The van der Waals surface area contributed by atoms with Crippen LogP contribution in [-0.2, 0) is 9.59 Å². The Bertz CT molecular complexity index is 190. The Kier molecular flexibility index (Phi) is 5.26. The topological polar surface area (TPSA) is 34.1 Å². The van der Waals surface area contributed by atoms with Crippen molar-refractivity contribution >= 4 is 11.6 Å². The predicted octanol–water partition coefficient (Wildman–Crippen LogP) is 2.14. The average molecular weight is 168 g/mol. The smallest absolute Gasteiger partial charge is 0.158 e. The molecule has 0 aromatic carbocycles. The molecule has 68 valence electrons. The normalized spacial score (nSPS) is 11.0. The van der Waals surface area contributed by atoms with E-state index in [2.05, 4.69) is 0 Å². The monoisotopic (exact) mass is 168 g/mol. The number of ketones is 2. The van der Waals surface area contributed by atoms with Crippen LogP contribution >= 0.6 is 0 Å². The van der Waals surface area contributed by atoms with E-state index in [1.54, 1.807) is 0 Å². The van der Waals surface area contributed by atoms with Crippen LogP contribution in [0.3, 0.4) is 0 Å². The van der Waals surface area contributed by atoms with Crippen LogP contribution in [0.25, 0.3) is 0 Å². The first-order valence-corrected chi connectivity index (χ1v) is 4.32. The van der Waals surface area contributed by atoms with E-state index in [1.807, 2.05) is 20.8 Å². The molecular weight excluding hydrogens is 152 g/mol. The Hall–Kier alpha value is -0.920. The fraction of sp³-hybridized carbons (Fsp3) is 0.600. The standard InChI is InChI=1S/C10H16O2/c1-4-5-9(11)6-7-10(12)8(2)3/h6-8H,4-5H2,1-3H3/b7-6-. The van der Waals surface area contributed by atoms with Gasteiger partial charge < -0.3 is 0 Å². The maximum atomic E-state index is 11.0. The molecule has 0 unspecified atom stereocenters. The van der Waals surface area contributed by atoms with Gasteiger partial charge in [0.15, 0.2) is 11.6 Å². The quantitative estimate of drug-likeness (QED) is 0.589. The molecule has 0 aliphatic carbocycles. The highest BCUT2D eigenvalue weighted by Crippen LogP contribution is 1.97. The maximum absolute atomic E-state index is 11.0. The van der Waals surface area contributed by atoms with Gasteiger partial charge in [0.25, 0.3) is 0 Å². The lowest BCUT2D eigenvalue weighted by Crippen LogP contribution is -2.03. The molecule has 0 aliphatic heterocycles. The second kappa shape index (κ2) is 5.70. The Morgan fingerprint density at radius 3 is 2.25 bits per heavy atom. The van der Waals surface area contributed by atoms with Crippen LogP contribution in [0.5, 0.6) is 0 Å². The first kappa shape index (κ1) is 11.1. The van der Waals surface area contributed by atoms with Crippen molar-refractivity contribution < 1.29 is 9.59 Å². The van der Waals surface area contributed by atoms with Crippen LogP contribution in [0.15, 0.2) is 12.2 Å². The third kappa shape index (κ3) is 4.83. The van der Waals surface area contributed by atoms with Gasteiger partial charge in [0.2, 0.25) is 0 Å². The van der Waals surface area contributed by atoms with Crippen LogP contribution < -0.4 is 0 Å². The molecule has 0 N–H and O–H groups in total. The molecule has 0 amide bonds. The van der Waals surface area contributed by atoms with Gasteiger partial charge in [-0.05, 0) is 18.6 Å². The summed E-state index contributed by atoms with van der Waals surface area (Å²) in [6.07, 6.45) is 4.12. The summed E-state index contributed by atoms with van der Waals surface area (Å²) in [4.78, 5) is 21.9. The van der Waals surface area contributed by atoms with E-state index in [0.717, 1.165) is 6.42 Å². The summed E-state index contributed by atoms with van der Waals surface area (Å²) >= 11 is 0. The molecule has 0 atom stereocenters. The van der Waals surface area contributed by atoms with E-state index in [0.29, 0.717) is 6.42 Å². The van der Waals surface area contributed by atoms with E-state index in [1.165, 1.54) is 12.2 Å². The zero-order chi connectivity index (χ0) is 9.56. The lowest BCUT2D eigenvalue weighted by Gasteiger charge is -1.95. The molecule has 0 saturated heterocycles. The minimum atomic E-state index is -0.0179. The molecule has 0 aromatic rings. The zero-order valence-electron chi connectivity index (χ0n) is 7.96. The summed E-state index contributed by atoms with van der Waals surface area (Å²) in [5.41, 5.74) is 0.